The Morgan fingerprint density at radius 1 is 1.08 bits per heavy atom. The number of H-pyrrole nitrogens is 1. The van der Waals surface area contributed by atoms with Gasteiger partial charge in [0.15, 0.2) is 0 Å². The predicted octanol–water partition coefficient (Wildman–Crippen LogP) is 3.87. The van der Waals surface area contributed by atoms with Gasteiger partial charge in [-0.2, -0.15) is 5.10 Å². The van der Waals surface area contributed by atoms with Crippen LogP contribution in [0.4, 0.5) is 20.2 Å². The van der Waals surface area contributed by atoms with E-state index in [4.69, 9.17) is 4.74 Å². The van der Waals surface area contributed by atoms with Crippen LogP contribution in [0.3, 0.4) is 0 Å². The number of benzene rings is 2. The van der Waals surface area contributed by atoms with Gasteiger partial charge in [-0.25, -0.2) is 13.8 Å². The molecule has 0 unspecified atom stereocenters. The van der Waals surface area contributed by atoms with Crippen LogP contribution in [0.2, 0.25) is 0 Å². The number of hydrogen-bond donors (Lipinski definition) is 2. The quantitative estimate of drug-likeness (QED) is 0.751. The molecule has 2 N–H and O–H groups in total. The number of nitrogens with one attached hydrogen (secondary N) is 2. The van der Waals surface area contributed by atoms with E-state index in [1.54, 1.807) is 25.4 Å². The fourth-order valence-electron chi connectivity index (χ4n) is 2.65. The Bertz CT molecular complexity index is 945. The van der Waals surface area contributed by atoms with Crippen molar-refractivity contribution >= 4 is 17.2 Å². The first-order valence-electron chi connectivity index (χ1n) is 7.19. The van der Waals surface area contributed by atoms with Gasteiger partial charge in [-0.15, -0.1) is 0 Å². The first-order valence-corrected chi connectivity index (χ1v) is 7.19. The molecule has 2 aromatic carbocycles. The Labute approximate surface area is 136 Å². The first kappa shape index (κ1) is 14.4. The van der Waals surface area contributed by atoms with E-state index in [9.17, 15) is 8.78 Å². The highest BCUT2D eigenvalue weighted by Gasteiger charge is 2.23. The molecule has 1 aliphatic heterocycles. The van der Waals surface area contributed by atoms with E-state index < -0.39 is 11.6 Å². The monoisotopic (exact) mass is 326 g/mol. The molecule has 0 spiro atoms. The van der Waals surface area contributed by atoms with Crippen molar-refractivity contribution in [1.29, 1.82) is 0 Å². The van der Waals surface area contributed by atoms with Crippen molar-refractivity contribution in [2.75, 3.05) is 12.4 Å². The maximum absolute atomic E-state index is 14.2. The Kier molecular flexibility index (Phi) is 3.26. The summed E-state index contributed by atoms with van der Waals surface area (Å²) in [7, 11) is 1.54. The SMILES string of the molecule is COc1ccc2c(c1)N=C(c1c(F)cccc1F)Nc1cn[nH]c1-2. The number of aromatic amines is 1. The molecule has 0 saturated carbocycles. The maximum atomic E-state index is 14.2. The van der Waals surface area contributed by atoms with Gasteiger partial charge in [0, 0.05) is 11.6 Å². The second kappa shape index (κ2) is 5.45. The number of rotatable bonds is 2. The molecule has 1 aliphatic rings. The van der Waals surface area contributed by atoms with Crippen molar-refractivity contribution < 1.29 is 13.5 Å². The largest absolute Gasteiger partial charge is 0.497 e. The molecule has 5 nitrogen and oxygen atoms in total. The minimum Gasteiger partial charge on any atom is -0.497 e. The average Bonchev–Trinajstić information content (AvgIpc) is 2.96. The molecular weight excluding hydrogens is 314 g/mol. The van der Waals surface area contributed by atoms with Crippen LogP contribution >= 0.6 is 0 Å². The molecule has 2 heterocycles. The summed E-state index contributed by atoms with van der Waals surface area (Å²) < 4.78 is 33.6. The van der Waals surface area contributed by atoms with Gasteiger partial charge in [0.05, 0.1) is 35.9 Å². The van der Waals surface area contributed by atoms with Crippen LogP contribution in [-0.4, -0.2) is 23.1 Å². The lowest BCUT2D eigenvalue weighted by Gasteiger charge is -2.09. The second-order valence-corrected chi connectivity index (χ2v) is 5.22. The first-order chi connectivity index (χ1) is 11.7. The molecule has 1 aromatic heterocycles. The van der Waals surface area contributed by atoms with Gasteiger partial charge in [0.25, 0.3) is 0 Å². The van der Waals surface area contributed by atoms with Crippen molar-refractivity contribution in [3.8, 4) is 17.0 Å². The molecule has 24 heavy (non-hydrogen) atoms. The minimum absolute atomic E-state index is 0.0697. The number of anilines is 1. The zero-order chi connectivity index (χ0) is 16.7. The Morgan fingerprint density at radius 3 is 2.62 bits per heavy atom. The minimum atomic E-state index is -0.697. The third-order valence-corrected chi connectivity index (χ3v) is 3.80. The fourth-order valence-corrected chi connectivity index (χ4v) is 2.65. The highest BCUT2D eigenvalue weighted by atomic mass is 19.1. The molecule has 120 valence electrons. The van der Waals surface area contributed by atoms with Gasteiger partial charge in [0.1, 0.15) is 23.2 Å². The zero-order valence-corrected chi connectivity index (χ0v) is 12.6. The van der Waals surface area contributed by atoms with E-state index in [1.165, 1.54) is 18.2 Å². The number of fused-ring (bicyclic) bond motifs is 3. The molecule has 0 atom stereocenters. The van der Waals surface area contributed by atoms with Crippen LogP contribution in [-0.2, 0) is 0 Å². The summed E-state index contributed by atoms with van der Waals surface area (Å²) in [5.41, 5.74) is 2.31. The van der Waals surface area contributed by atoms with E-state index in [-0.39, 0.29) is 11.4 Å². The number of halogens is 2. The summed E-state index contributed by atoms with van der Waals surface area (Å²) in [6.45, 7) is 0. The van der Waals surface area contributed by atoms with Crippen molar-refractivity contribution in [3.05, 3.63) is 59.8 Å². The highest BCUT2D eigenvalue weighted by Crippen LogP contribution is 2.39. The smallest absolute Gasteiger partial charge is 0.144 e. The lowest BCUT2D eigenvalue weighted by molar-refractivity contribution is 0.415. The van der Waals surface area contributed by atoms with Gasteiger partial charge in [-0.3, -0.25) is 5.10 Å². The molecule has 0 amide bonds. The van der Waals surface area contributed by atoms with Crippen LogP contribution in [0.25, 0.3) is 11.3 Å². The number of amidine groups is 1. The van der Waals surface area contributed by atoms with E-state index in [1.807, 2.05) is 6.07 Å². The number of aromatic nitrogens is 2. The standard InChI is InChI=1S/C17H12F2N4O/c1-24-9-5-6-10-13(7-9)21-17(22-14-8-20-23-16(10)14)15-11(18)3-2-4-12(15)19/h2-8H,1H3,(H,20,23)(H,21,22). The highest BCUT2D eigenvalue weighted by molar-refractivity contribution is 6.13. The molecule has 0 bridgehead atoms. The molecule has 0 fully saturated rings. The van der Waals surface area contributed by atoms with Crippen LogP contribution in [0.5, 0.6) is 5.75 Å². The molecule has 0 radical (unpaired) electrons. The molecule has 0 saturated heterocycles. The molecule has 7 heteroatoms. The van der Waals surface area contributed by atoms with E-state index >= 15 is 0 Å². The number of aliphatic imine (C=N–C) groups is 1. The third-order valence-electron chi connectivity index (χ3n) is 3.80. The number of hydrogen-bond acceptors (Lipinski definition) is 4. The maximum Gasteiger partial charge on any atom is 0.144 e. The van der Waals surface area contributed by atoms with Crippen LogP contribution < -0.4 is 10.1 Å². The molecule has 3 aromatic rings. The Morgan fingerprint density at radius 2 is 1.88 bits per heavy atom. The van der Waals surface area contributed by atoms with Crippen molar-refractivity contribution in [2.24, 2.45) is 4.99 Å². The zero-order valence-electron chi connectivity index (χ0n) is 12.6. The summed E-state index contributed by atoms with van der Waals surface area (Å²) in [6, 6.07) is 8.99. The summed E-state index contributed by atoms with van der Waals surface area (Å²) in [4.78, 5) is 4.42. The van der Waals surface area contributed by atoms with E-state index in [0.717, 1.165) is 5.56 Å². The summed E-state index contributed by atoms with van der Waals surface area (Å²) in [5.74, 6) is -0.732. The van der Waals surface area contributed by atoms with Gasteiger partial charge >= 0.3 is 0 Å². The number of nitrogens with zero attached hydrogens (tertiary/aromatic N) is 2. The summed E-state index contributed by atoms with van der Waals surface area (Å²) in [6.07, 6.45) is 1.54. The molecular formula is C17H12F2N4O. The lowest BCUT2D eigenvalue weighted by atomic mass is 10.1. The van der Waals surface area contributed by atoms with E-state index in [0.29, 0.717) is 22.8 Å². The van der Waals surface area contributed by atoms with Crippen LogP contribution in [0, 0.1) is 11.6 Å². The number of ether oxygens (including phenoxy) is 1. The summed E-state index contributed by atoms with van der Waals surface area (Å²) in [5, 5.41) is 9.83. The lowest BCUT2D eigenvalue weighted by Crippen LogP contribution is -2.16. The summed E-state index contributed by atoms with van der Waals surface area (Å²) >= 11 is 0. The van der Waals surface area contributed by atoms with Crippen LogP contribution in [0.15, 0.2) is 47.6 Å². The van der Waals surface area contributed by atoms with Gasteiger partial charge in [-0.1, -0.05) is 6.07 Å². The molecule has 0 aliphatic carbocycles. The second-order valence-electron chi connectivity index (χ2n) is 5.22. The Balaban J connectivity index is 1.98. The third kappa shape index (κ3) is 2.21. The van der Waals surface area contributed by atoms with Crippen molar-refractivity contribution in [2.45, 2.75) is 0 Å². The van der Waals surface area contributed by atoms with Crippen molar-refractivity contribution in [3.63, 3.8) is 0 Å². The predicted molar refractivity (Wildman–Crippen MR) is 86.8 cm³/mol. The van der Waals surface area contributed by atoms with Crippen molar-refractivity contribution in [1.82, 2.24) is 10.2 Å². The number of methoxy groups -OCH3 is 1. The van der Waals surface area contributed by atoms with Gasteiger partial charge < -0.3 is 10.1 Å². The molecule has 4 rings (SSSR count). The van der Waals surface area contributed by atoms with Crippen LogP contribution in [0.1, 0.15) is 5.56 Å². The van der Waals surface area contributed by atoms with Gasteiger partial charge in [-0.05, 0) is 24.3 Å². The topological polar surface area (TPSA) is 62.3 Å². The normalized spacial score (nSPS) is 12.5. The Hall–Kier alpha value is -3.22. The average molecular weight is 326 g/mol. The fraction of sp³-hybridized carbons (Fsp3) is 0.0588. The van der Waals surface area contributed by atoms with Gasteiger partial charge in [0.2, 0.25) is 0 Å². The van der Waals surface area contributed by atoms with E-state index in [2.05, 4.69) is 20.5 Å².